The van der Waals surface area contributed by atoms with Gasteiger partial charge in [-0.1, -0.05) is 35.9 Å². The molecule has 1 N–H and O–H groups in total. The molecule has 1 aromatic heterocycles. The quantitative estimate of drug-likeness (QED) is 0.517. The van der Waals surface area contributed by atoms with Crippen LogP contribution in [-0.2, 0) is 0 Å². The Labute approximate surface area is 191 Å². The van der Waals surface area contributed by atoms with Crippen LogP contribution in [0.15, 0.2) is 53.9 Å². The topological polar surface area (TPSA) is 40.6 Å². The summed E-state index contributed by atoms with van der Waals surface area (Å²) in [6.45, 7) is 6.04. The summed E-state index contributed by atoms with van der Waals surface area (Å²) in [6, 6.07) is 15.7. The summed E-state index contributed by atoms with van der Waals surface area (Å²) in [5.74, 6) is 0.818. The Kier molecular flexibility index (Phi) is 6.72. The van der Waals surface area contributed by atoms with Crippen molar-refractivity contribution in [2.75, 3.05) is 43.0 Å². The van der Waals surface area contributed by atoms with Gasteiger partial charge in [-0.15, -0.1) is 11.3 Å². The second-order valence-corrected chi connectivity index (χ2v) is 8.52. The van der Waals surface area contributed by atoms with E-state index in [9.17, 15) is 0 Å². The number of benzene rings is 2. The number of hydrogen-bond acceptors (Lipinski definition) is 5. The van der Waals surface area contributed by atoms with Gasteiger partial charge in [-0.25, -0.2) is 4.98 Å². The van der Waals surface area contributed by atoms with Gasteiger partial charge in [0.25, 0.3) is 0 Å². The zero-order valence-corrected chi connectivity index (χ0v) is 19.1. The van der Waals surface area contributed by atoms with E-state index in [0.717, 1.165) is 64.1 Å². The van der Waals surface area contributed by atoms with Crippen molar-refractivity contribution in [3.8, 4) is 17.0 Å². The van der Waals surface area contributed by atoms with Crippen LogP contribution in [0.3, 0.4) is 0 Å². The number of thiazole rings is 1. The lowest BCUT2D eigenvalue weighted by Gasteiger charge is -2.36. The van der Waals surface area contributed by atoms with Gasteiger partial charge in [0, 0.05) is 42.1 Å². The molecule has 4 rings (SSSR count). The standard InChI is InChI=1S/C22H23ClN4OS2/c1-2-28-20-6-4-3-5-18(20)24-21(29)26-11-13-27(14-12-26)22-25-19(15-30-22)16-7-9-17(23)10-8-16/h3-10,15H,2,11-14H2,1H3,(H,24,29). The number of thiocarbonyl (C=S) groups is 1. The number of anilines is 2. The summed E-state index contributed by atoms with van der Waals surface area (Å²) in [5.41, 5.74) is 2.97. The Morgan fingerprint density at radius 1 is 1.13 bits per heavy atom. The predicted octanol–water partition coefficient (Wildman–Crippen LogP) is 5.38. The Morgan fingerprint density at radius 3 is 2.60 bits per heavy atom. The Bertz CT molecular complexity index is 1000. The van der Waals surface area contributed by atoms with Crippen molar-refractivity contribution >= 4 is 51.1 Å². The molecular weight excluding hydrogens is 436 g/mol. The second kappa shape index (κ2) is 9.64. The Balaban J connectivity index is 1.35. The van der Waals surface area contributed by atoms with Crippen molar-refractivity contribution in [1.82, 2.24) is 9.88 Å². The molecule has 1 saturated heterocycles. The number of rotatable bonds is 5. The smallest absolute Gasteiger partial charge is 0.185 e. The van der Waals surface area contributed by atoms with Crippen LogP contribution < -0.4 is 15.0 Å². The molecule has 0 unspecified atom stereocenters. The first-order chi connectivity index (χ1) is 14.6. The molecule has 156 valence electrons. The normalized spacial score (nSPS) is 13.9. The van der Waals surface area contributed by atoms with Crippen LogP contribution in [0, 0.1) is 0 Å². The molecule has 0 bridgehead atoms. The number of para-hydroxylation sites is 2. The van der Waals surface area contributed by atoms with Crippen molar-refractivity contribution in [2.24, 2.45) is 0 Å². The van der Waals surface area contributed by atoms with E-state index in [-0.39, 0.29) is 0 Å². The maximum absolute atomic E-state index is 5.99. The molecule has 0 atom stereocenters. The summed E-state index contributed by atoms with van der Waals surface area (Å²) in [5, 5.41) is 7.94. The van der Waals surface area contributed by atoms with Crippen LogP contribution in [0.5, 0.6) is 5.75 Å². The molecular formula is C22H23ClN4OS2. The maximum Gasteiger partial charge on any atom is 0.185 e. The van der Waals surface area contributed by atoms with Crippen molar-refractivity contribution < 1.29 is 4.74 Å². The van der Waals surface area contributed by atoms with Crippen LogP contribution >= 0.6 is 35.2 Å². The molecule has 5 nitrogen and oxygen atoms in total. The third kappa shape index (κ3) is 4.86. The lowest BCUT2D eigenvalue weighted by molar-refractivity contribution is 0.341. The number of halogens is 1. The average Bonchev–Trinajstić information content (AvgIpc) is 3.26. The van der Waals surface area contributed by atoms with Crippen molar-refractivity contribution in [3.05, 3.63) is 58.9 Å². The number of aromatic nitrogens is 1. The summed E-state index contributed by atoms with van der Waals surface area (Å²) < 4.78 is 5.68. The molecule has 0 radical (unpaired) electrons. The SMILES string of the molecule is CCOc1ccccc1NC(=S)N1CCN(c2nc(-c3ccc(Cl)cc3)cs2)CC1. The minimum Gasteiger partial charge on any atom is -0.492 e. The number of nitrogens with one attached hydrogen (secondary N) is 1. The van der Waals surface area contributed by atoms with Crippen LogP contribution in [0.4, 0.5) is 10.8 Å². The Hall–Kier alpha value is -2.35. The zero-order valence-electron chi connectivity index (χ0n) is 16.7. The summed E-state index contributed by atoms with van der Waals surface area (Å²) >= 11 is 13.3. The van der Waals surface area contributed by atoms with Crippen LogP contribution in [0.25, 0.3) is 11.3 Å². The van der Waals surface area contributed by atoms with E-state index in [1.807, 2.05) is 55.5 Å². The predicted molar refractivity (Wildman–Crippen MR) is 130 cm³/mol. The second-order valence-electron chi connectivity index (χ2n) is 6.86. The van der Waals surface area contributed by atoms with Gasteiger partial charge in [-0.2, -0.15) is 0 Å². The van der Waals surface area contributed by atoms with Gasteiger partial charge in [-0.3, -0.25) is 0 Å². The van der Waals surface area contributed by atoms with E-state index in [1.54, 1.807) is 11.3 Å². The van der Waals surface area contributed by atoms with Gasteiger partial charge in [0.1, 0.15) is 5.75 Å². The molecule has 0 spiro atoms. The van der Waals surface area contributed by atoms with Gasteiger partial charge in [0.2, 0.25) is 0 Å². The third-order valence-corrected chi connectivity index (χ3v) is 6.41. The fraction of sp³-hybridized carbons (Fsp3) is 0.273. The molecule has 0 saturated carbocycles. The van der Waals surface area contributed by atoms with Gasteiger partial charge in [0.05, 0.1) is 18.0 Å². The molecule has 30 heavy (non-hydrogen) atoms. The highest BCUT2D eigenvalue weighted by atomic mass is 35.5. The van der Waals surface area contributed by atoms with E-state index in [0.29, 0.717) is 6.61 Å². The lowest BCUT2D eigenvalue weighted by Crippen LogP contribution is -2.50. The largest absolute Gasteiger partial charge is 0.492 e. The molecule has 3 aromatic rings. The van der Waals surface area contributed by atoms with E-state index in [2.05, 4.69) is 20.5 Å². The molecule has 1 aliphatic rings. The highest BCUT2D eigenvalue weighted by Gasteiger charge is 2.22. The maximum atomic E-state index is 5.99. The molecule has 0 amide bonds. The first-order valence-corrected chi connectivity index (χ1v) is 11.5. The van der Waals surface area contributed by atoms with Crippen molar-refractivity contribution in [2.45, 2.75) is 6.92 Å². The number of piperazine rings is 1. The fourth-order valence-electron chi connectivity index (χ4n) is 3.31. The Morgan fingerprint density at radius 2 is 1.87 bits per heavy atom. The average molecular weight is 459 g/mol. The van der Waals surface area contributed by atoms with Gasteiger partial charge in [0.15, 0.2) is 10.2 Å². The van der Waals surface area contributed by atoms with E-state index >= 15 is 0 Å². The van der Waals surface area contributed by atoms with Crippen molar-refractivity contribution in [3.63, 3.8) is 0 Å². The van der Waals surface area contributed by atoms with Crippen LogP contribution in [0.1, 0.15) is 6.92 Å². The molecule has 2 heterocycles. The van der Waals surface area contributed by atoms with E-state index in [4.69, 9.17) is 33.5 Å². The summed E-state index contributed by atoms with van der Waals surface area (Å²) in [7, 11) is 0. The van der Waals surface area contributed by atoms with Crippen molar-refractivity contribution in [1.29, 1.82) is 0 Å². The number of ether oxygens (including phenoxy) is 1. The summed E-state index contributed by atoms with van der Waals surface area (Å²) in [4.78, 5) is 9.33. The third-order valence-electron chi connectivity index (χ3n) is 4.90. The lowest BCUT2D eigenvalue weighted by atomic mass is 10.2. The highest BCUT2D eigenvalue weighted by Crippen LogP contribution is 2.29. The zero-order chi connectivity index (χ0) is 20.9. The minimum absolute atomic E-state index is 0.621. The summed E-state index contributed by atoms with van der Waals surface area (Å²) in [6.07, 6.45) is 0. The van der Waals surface area contributed by atoms with Crippen LogP contribution in [0.2, 0.25) is 5.02 Å². The van der Waals surface area contributed by atoms with Gasteiger partial charge >= 0.3 is 0 Å². The van der Waals surface area contributed by atoms with E-state index in [1.165, 1.54) is 0 Å². The first-order valence-electron chi connectivity index (χ1n) is 9.88. The van der Waals surface area contributed by atoms with Gasteiger partial charge < -0.3 is 19.9 Å². The molecule has 8 heteroatoms. The van der Waals surface area contributed by atoms with Crippen LogP contribution in [-0.4, -0.2) is 47.8 Å². The molecule has 1 fully saturated rings. The highest BCUT2D eigenvalue weighted by molar-refractivity contribution is 7.80. The number of nitrogens with zero attached hydrogens (tertiary/aromatic N) is 3. The monoisotopic (exact) mass is 458 g/mol. The molecule has 1 aliphatic heterocycles. The number of hydrogen-bond donors (Lipinski definition) is 1. The first kappa shape index (κ1) is 20.9. The minimum atomic E-state index is 0.621. The molecule has 0 aliphatic carbocycles. The molecule has 2 aromatic carbocycles. The van der Waals surface area contributed by atoms with Gasteiger partial charge in [-0.05, 0) is 43.4 Å². The fourth-order valence-corrected chi connectivity index (χ4v) is 4.62. The van der Waals surface area contributed by atoms with E-state index < -0.39 is 0 Å².